The summed E-state index contributed by atoms with van der Waals surface area (Å²) in [5.74, 6) is -0.483. The topological polar surface area (TPSA) is 109 Å². The van der Waals surface area contributed by atoms with Crippen LogP contribution < -0.4 is 9.64 Å². The van der Waals surface area contributed by atoms with Gasteiger partial charge in [-0.05, 0) is 48.0 Å². The predicted molar refractivity (Wildman–Crippen MR) is 136 cm³/mol. The van der Waals surface area contributed by atoms with Gasteiger partial charge in [-0.15, -0.1) is 10.2 Å². The fraction of sp³-hybridized carbons (Fsp3) is 0.185. The van der Waals surface area contributed by atoms with Gasteiger partial charge in [0.05, 0.1) is 23.7 Å². The Balaban J connectivity index is 1.39. The molecule has 0 fully saturated rings. The highest BCUT2D eigenvalue weighted by Gasteiger charge is 2.31. The third kappa shape index (κ3) is 5.36. The van der Waals surface area contributed by atoms with Gasteiger partial charge in [-0.1, -0.05) is 35.9 Å². The van der Waals surface area contributed by atoms with Crippen molar-refractivity contribution in [3.8, 4) is 17.2 Å². The Morgan fingerprint density at radius 3 is 2.71 bits per heavy atom. The SMILES string of the molecule is O=C1CN(C(=O)c2ccc(OCCO)cc2Cl)c2ccccc2CN1Cc1nnc(-c2cccc(F)c2)o1. The Morgan fingerprint density at radius 2 is 1.92 bits per heavy atom. The maximum atomic E-state index is 13.6. The number of halogens is 2. The molecule has 38 heavy (non-hydrogen) atoms. The lowest BCUT2D eigenvalue weighted by Gasteiger charge is -2.23. The molecule has 0 bridgehead atoms. The zero-order chi connectivity index (χ0) is 26.6. The molecule has 11 heteroatoms. The fourth-order valence-corrected chi connectivity index (χ4v) is 4.39. The number of carbonyl (C=O) groups is 2. The number of ether oxygens (including phenoxy) is 1. The molecule has 5 rings (SSSR count). The van der Waals surface area contributed by atoms with E-state index in [0.717, 1.165) is 5.56 Å². The van der Waals surface area contributed by atoms with Gasteiger partial charge in [0, 0.05) is 17.8 Å². The van der Waals surface area contributed by atoms with E-state index >= 15 is 0 Å². The summed E-state index contributed by atoms with van der Waals surface area (Å²) in [4.78, 5) is 29.8. The summed E-state index contributed by atoms with van der Waals surface area (Å²) in [5, 5.41) is 17.1. The highest BCUT2D eigenvalue weighted by atomic mass is 35.5. The lowest BCUT2D eigenvalue weighted by atomic mass is 10.1. The van der Waals surface area contributed by atoms with E-state index in [2.05, 4.69) is 10.2 Å². The Hall–Kier alpha value is -4.28. The average Bonchev–Trinajstić information content (AvgIpc) is 3.33. The molecule has 2 heterocycles. The van der Waals surface area contributed by atoms with Crippen molar-refractivity contribution in [3.63, 3.8) is 0 Å². The first-order chi connectivity index (χ1) is 18.4. The first-order valence-corrected chi connectivity index (χ1v) is 12.1. The van der Waals surface area contributed by atoms with Gasteiger partial charge in [0.15, 0.2) is 0 Å². The molecule has 0 radical (unpaired) electrons. The number of fused-ring (bicyclic) bond motifs is 1. The highest BCUT2D eigenvalue weighted by Crippen LogP contribution is 2.31. The second-order valence-electron chi connectivity index (χ2n) is 8.49. The van der Waals surface area contributed by atoms with Gasteiger partial charge in [-0.25, -0.2) is 4.39 Å². The number of aliphatic hydroxyl groups excluding tert-OH is 1. The zero-order valence-corrected chi connectivity index (χ0v) is 20.8. The van der Waals surface area contributed by atoms with Crippen molar-refractivity contribution >= 4 is 29.1 Å². The van der Waals surface area contributed by atoms with Crippen molar-refractivity contribution in [2.45, 2.75) is 13.1 Å². The number of aromatic nitrogens is 2. The Kier molecular flexibility index (Phi) is 7.34. The number of benzene rings is 3. The number of para-hydroxylation sites is 1. The van der Waals surface area contributed by atoms with Crippen LogP contribution in [0.4, 0.5) is 10.1 Å². The van der Waals surface area contributed by atoms with E-state index in [0.29, 0.717) is 17.0 Å². The second kappa shape index (κ2) is 11.0. The number of nitrogens with zero attached hydrogens (tertiary/aromatic N) is 4. The molecular weight excluding hydrogens is 515 g/mol. The molecule has 0 unspecified atom stereocenters. The van der Waals surface area contributed by atoms with Crippen molar-refractivity contribution in [2.75, 3.05) is 24.7 Å². The first-order valence-electron chi connectivity index (χ1n) is 11.7. The number of hydrogen-bond acceptors (Lipinski definition) is 7. The van der Waals surface area contributed by atoms with Crippen LogP contribution in [0.25, 0.3) is 11.5 Å². The van der Waals surface area contributed by atoms with Crippen molar-refractivity contribution in [1.82, 2.24) is 15.1 Å². The smallest absolute Gasteiger partial charge is 0.260 e. The minimum Gasteiger partial charge on any atom is -0.491 e. The normalized spacial score (nSPS) is 13.3. The largest absolute Gasteiger partial charge is 0.491 e. The van der Waals surface area contributed by atoms with Crippen LogP contribution in [0, 0.1) is 5.82 Å². The van der Waals surface area contributed by atoms with Gasteiger partial charge in [-0.3, -0.25) is 14.5 Å². The van der Waals surface area contributed by atoms with Gasteiger partial charge in [-0.2, -0.15) is 0 Å². The van der Waals surface area contributed by atoms with E-state index in [1.165, 1.54) is 40.1 Å². The molecule has 1 aliphatic rings. The molecular formula is C27H22ClFN4O5. The lowest BCUT2D eigenvalue weighted by Crippen LogP contribution is -2.40. The summed E-state index contributed by atoms with van der Waals surface area (Å²) in [6, 6.07) is 17.6. The maximum Gasteiger partial charge on any atom is 0.260 e. The van der Waals surface area contributed by atoms with Gasteiger partial charge in [0.25, 0.3) is 5.91 Å². The van der Waals surface area contributed by atoms with E-state index in [-0.39, 0.29) is 61.1 Å². The Morgan fingerprint density at radius 1 is 1.08 bits per heavy atom. The third-order valence-corrected chi connectivity index (χ3v) is 6.24. The van der Waals surface area contributed by atoms with Gasteiger partial charge >= 0.3 is 0 Å². The van der Waals surface area contributed by atoms with Gasteiger partial charge in [0.2, 0.25) is 17.7 Å². The standard InChI is InChI=1S/C27H22ClFN4O5/c28-22-13-20(37-11-10-34)8-9-21(22)27(36)33-16-25(35)32(14-18-4-1-2-7-23(18)33)15-24-30-31-26(38-24)17-5-3-6-19(29)12-17/h1-9,12-13,34H,10-11,14-16H2. The second-order valence-corrected chi connectivity index (χ2v) is 8.90. The van der Waals surface area contributed by atoms with Crippen LogP contribution in [0.1, 0.15) is 21.8 Å². The molecule has 194 valence electrons. The van der Waals surface area contributed by atoms with Crippen LogP contribution >= 0.6 is 11.6 Å². The number of rotatable bonds is 7. The molecule has 1 aromatic heterocycles. The monoisotopic (exact) mass is 536 g/mol. The highest BCUT2D eigenvalue weighted by molar-refractivity contribution is 6.34. The third-order valence-electron chi connectivity index (χ3n) is 5.93. The summed E-state index contributed by atoms with van der Waals surface area (Å²) in [6.07, 6.45) is 0. The van der Waals surface area contributed by atoms with Crippen LogP contribution in [0.2, 0.25) is 5.02 Å². The van der Waals surface area contributed by atoms with Crippen molar-refractivity contribution < 1.29 is 28.2 Å². The molecule has 9 nitrogen and oxygen atoms in total. The first kappa shape index (κ1) is 25.4. The summed E-state index contributed by atoms with van der Waals surface area (Å²) in [6.45, 7) is -0.0818. The molecule has 4 aromatic rings. The van der Waals surface area contributed by atoms with E-state index in [4.69, 9.17) is 25.9 Å². The minimum atomic E-state index is -0.447. The molecule has 1 N–H and O–H groups in total. The number of aliphatic hydroxyl groups is 1. The van der Waals surface area contributed by atoms with Crippen molar-refractivity contribution in [1.29, 1.82) is 0 Å². The maximum absolute atomic E-state index is 13.6. The molecule has 1 aliphatic heterocycles. The van der Waals surface area contributed by atoms with E-state index in [9.17, 15) is 14.0 Å². The Labute approximate surface area is 222 Å². The fourth-order valence-electron chi connectivity index (χ4n) is 4.13. The Bertz CT molecular complexity index is 1490. The predicted octanol–water partition coefficient (Wildman–Crippen LogP) is 4.09. The van der Waals surface area contributed by atoms with E-state index in [1.807, 2.05) is 12.1 Å². The van der Waals surface area contributed by atoms with Gasteiger partial charge in [0.1, 0.15) is 24.7 Å². The molecule has 0 saturated heterocycles. The minimum absolute atomic E-state index is 0.00909. The number of hydrogen-bond donors (Lipinski definition) is 1. The van der Waals surface area contributed by atoms with Crippen LogP contribution in [0.15, 0.2) is 71.1 Å². The summed E-state index contributed by atoms with van der Waals surface area (Å²) in [5.41, 5.74) is 1.96. The quantitative estimate of drug-likeness (QED) is 0.379. The van der Waals surface area contributed by atoms with E-state index in [1.54, 1.807) is 24.3 Å². The van der Waals surface area contributed by atoms with Crippen molar-refractivity contribution in [3.05, 3.63) is 94.6 Å². The van der Waals surface area contributed by atoms with E-state index < -0.39 is 11.7 Å². The van der Waals surface area contributed by atoms with Crippen molar-refractivity contribution in [2.24, 2.45) is 0 Å². The molecule has 0 spiro atoms. The average molecular weight is 537 g/mol. The molecule has 3 aromatic carbocycles. The summed E-state index contributed by atoms with van der Waals surface area (Å²) >= 11 is 6.39. The molecule has 0 saturated carbocycles. The zero-order valence-electron chi connectivity index (χ0n) is 20.0. The number of carbonyl (C=O) groups excluding carboxylic acids is 2. The molecule has 0 aliphatic carbocycles. The number of amides is 2. The van der Waals surface area contributed by atoms with Crippen LogP contribution in [0.5, 0.6) is 5.75 Å². The molecule has 2 amide bonds. The number of anilines is 1. The summed E-state index contributed by atoms with van der Waals surface area (Å²) < 4.78 is 24.6. The van der Waals surface area contributed by atoms with Crippen LogP contribution in [-0.2, 0) is 17.9 Å². The van der Waals surface area contributed by atoms with Crippen LogP contribution in [-0.4, -0.2) is 51.8 Å². The summed E-state index contributed by atoms with van der Waals surface area (Å²) in [7, 11) is 0. The van der Waals surface area contributed by atoms with Gasteiger partial charge < -0.3 is 19.2 Å². The van der Waals surface area contributed by atoms with Crippen LogP contribution in [0.3, 0.4) is 0 Å². The molecule has 0 atom stereocenters. The lowest BCUT2D eigenvalue weighted by molar-refractivity contribution is -0.131.